The van der Waals surface area contributed by atoms with E-state index >= 15 is 0 Å². The van der Waals surface area contributed by atoms with Gasteiger partial charge < -0.3 is 20.9 Å². The number of halogens is 1. The van der Waals surface area contributed by atoms with Crippen LogP contribution in [0.25, 0.3) is 0 Å². The third-order valence-corrected chi connectivity index (χ3v) is 4.60. The lowest BCUT2D eigenvalue weighted by Crippen LogP contribution is -2.45. The van der Waals surface area contributed by atoms with E-state index in [9.17, 15) is 9.18 Å². The lowest BCUT2D eigenvalue weighted by atomic mass is 10.0. The Hall–Kier alpha value is -1.66. The van der Waals surface area contributed by atoms with Crippen molar-refractivity contribution in [3.63, 3.8) is 0 Å². The van der Waals surface area contributed by atoms with Gasteiger partial charge in [0, 0.05) is 37.4 Å². The summed E-state index contributed by atoms with van der Waals surface area (Å²) in [5, 5.41) is 2.93. The van der Waals surface area contributed by atoms with Gasteiger partial charge in [-0.15, -0.1) is 0 Å². The van der Waals surface area contributed by atoms with Crippen LogP contribution in [-0.4, -0.2) is 50.1 Å². The molecule has 0 bridgehead atoms. The molecular weight excluding hydrogens is 307 g/mol. The van der Waals surface area contributed by atoms with E-state index in [0.29, 0.717) is 6.42 Å². The molecule has 1 aromatic carbocycles. The molecule has 1 heterocycles. The summed E-state index contributed by atoms with van der Waals surface area (Å²) in [5.74, 6) is -0.472. The van der Waals surface area contributed by atoms with Crippen LogP contribution in [0.5, 0.6) is 0 Å². The Labute approximate surface area is 144 Å². The number of hydrogen-bond donors (Lipinski definition) is 2. The summed E-state index contributed by atoms with van der Waals surface area (Å²) in [6.45, 7) is 7.60. The lowest BCUT2D eigenvalue weighted by molar-refractivity contribution is -0.123. The molecule has 0 saturated carbocycles. The highest BCUT2D eigenvalue weighted by atomic mass is 19.1. The number of amides is 1. The van der Waals surface area contributed by atoms with E-state index in [1.165, 1.54) is 12.1 Å². The van der Waals surface area contributed by atoms with Crippen LogP contribution in [0.4, 0.5) is 10.1 Å². The number of carbonyl (C=O) groups is 1. The topological polar surface area (TPSA) is 61.6 Å². The molecular formula is C18H29FN4O. The summed E-state index contributed by atoms with van der Waals surface area (Å²) >= 11 is 0. The normalized spacial score (nSPS) is 18.3. The molecule has 1 fully saturated rings. The monoisotopic (exact) mass is 336 g/mol. The fourth-order valence-electron chi connectivity index (χ4n) is 3.05. The third-order valence-electron chi connectivity index (χ3n) is 4.60. The first-order valence-electron chi connectivity index (χ1n) is 8.71. The first kappa shape index (κ1) is 18.7. The molecule has 0 spiro atoms. The van der Waals surface area contributed by atoms with Crippen molar-refractivity contribution in [3.05, 3.63) is 29.6 Å². The van der Waals surface area contributed by atoms with E-state index < -0.39 is 6.04 Å². The third kappa shape index (κ3) is 4.68. The van der Waals surface area contributed by atoms with Gasteiger partial charge in [0.25, 0.3) is 0 Å². The van der Waals surface area contributed by atoms with E-state index in [2.05, 4.69) is 22.2 Å². The van der Waals surface area contributed by atoms with Crippen LogP contribution in [-0.2, 0) is 4.79 Å². The minimum Gasteiger partial charge on any atom is -0.369 e. The van der Waals surface area contributed by atoms with Crippen LogP contribution in [0.15, 0.2) is 18.2 Å². The fourth-order valence-corrected chi connectivity index (χ4v) is 3.05. The Bertz CT molecular complexity index is 558. The first-order valence-corrected chi connectivity index (χ1v) is 8.71. The Morgan fingerprint density at radius 1 is 1.33 bits per heavy atom. The minimum atomic E-state index is -0.516. The Kier molecular flexibility index (Phi) is 6.57. The standard InChI is InChI=1S/C18H29FN4O/c1-4-5-16(20)18(24)21-13(2)15-12-14(19)6-7-17(15)23-10-8-22(3)9-11-23/h6-7,12-13,16H,4-5,8-11,20H2,1-3H3,(H,21,24). The quantitative estimate of drug-likeness (QED) is 0.833. The largest absolute Gasteiger partial charge is 0.369 e. The van der Waals surface area contributed by atoms with Gasteiger partial charge in [-0.05, 0) is 38.6 Å². The van der Waals surface area contributed by atoms with Crippen LogP contribution < -0.4 is 16.0 Å². The van der Waals surface area contributed by atoms with Crippen LogP contribution in [0.3, 0.4) is 0 Å². The molecule has 1 amide bonds. The SMILES string of the molecule is CCCC(N)C(=O)NC(C)c1cc(F)ccc1N1CCN(C)CC1. The number of nitrogens with two attached hydrogens (primary N) is 1. The molecule has 5 nitrogen and oxygen atoms in total. The second-order valence-electron chi connectivity index (χ2n) is 6.62. The average molecular weight is 336 g/mol. The van der Waals surface area contributed by atoms with Gasteiger partial charge in [-0.1, -0.05) is 13.3 Å². The Morgan fingerprint density at radius 2 is 2.00 bits per heavy atom. The molecule has 2 rings (SSSR count). The molecule has 134 valence electrons. The van der Waals surface area contributed by atoms with E-state index in [4.69, 9.17) is 5.73 Å². The number of likely N-dealkylation sites (N-methyl/N-ethyl adjacent to an activating group) is 1. The molecule has 1 aliphatic heterocycles. The van der Waals surface area contributed by atoms with Crippen LogP contribution >= 0.6 is 0 Å². The number of hydrogen-bond acceptors (Lipinski definition) is 4. The molecule has 0 radical (unpaired) electrons. The van der Waals surface area contributed by atoms with Crippen molar-refractivity contribution in [1.82, 2.24) is 10.2 Å². The van der Waals surface area contributed by atoms with Gasteiger partial charge in [-0.2, -0.15) is 0 Å². The van der Waals surface area contributed by atoms with Crippen molar-refractivity contribution < 1.29 is 9.18 Å². The summed E-state index contributed by atoms with van der Waals surface area (Å²) in [4.78, 5) is 16.7. The molecule has 3 N–H and O–H groups in total. The van der Waals surface area contributed by atoms with Gasteiger partial charge in [0.1, 0.15) is 5.82 Å². The van der Waals surface area contributed by atoms with Crippen molar-refractivity contribution in [3.8, 4) is 0 Å². The zero-order valence-corrected chi connectivity index (χ0v) is 14.9. The summed E-state index contributed by atoms with van der Waals surface area (Å²) in [6.07, 6.45) is 1.50. The summed E-state index contributed by atoms with van der Waals surface area (Å²) < 4.78 is 13.8. The van der Waals surface area contributed by atoms with Crippen LogP contribution in [0.1, 0.15) is 38.3 Å². The fraction of sp³-hybridized carbons (Fsp3) is 0.611. The molecule has 24 heavy (non-hydrogen) atoms. The van der Waals surface area contributed by atoms with Crippen molar-refractivity contribution >= 4 is 11.6 Å². The summed E-state index contributed by atoms with van der Waals surface area (Å²) in [7, 11) is 2.10. The van der Waals surface area contributed by atoms with E-state index in [1.54, 1.807) is 0 Å². The second kappa shape index (κ2) is 8.44. The van der Waals surface area contributed by atoms with Crippen molar-refractivity contribution in [2.45, 2.75) is 38.8 Å². The number of anilines is 1. The highest BCUT2D eigenvalue weighted by Crippen LogP contribution is 2.28. The highest BCUT2D eigenvalue weighted by molar-refractivity contribution is 5.82. The number of nitrogens with zero attached hydrogens (tertiary/aromatic N) is 2. The molecule has 6 heteroatoms. The molecule has 1 aliphatic rings. The number of rotatable bonds is 6. The van der Waals surface area contributed by atoms with Gasteiger partial charge >= 0.3 is 0 Å². The van der Waals surface area contributed by atoms with E-state index in [-0.39, 0.29) is 17.8 Å². The van der Waals surface area contributed by atoms with Gasteiger partial charge in [-0.3, -0.25) is 4.79 Å². The highest BCUT2D eigenvalue weighted by Gasteiger charge is 2.22. The van der Waals surface area contributed by atoms with Gasteiger partial charge in [0.15, 0.2) is 0 Å². The maximum atomic E-state index is 13.8. The zero-order chi connectivity index (χ0) is 17.7. The smallest absolute Gasteiger partial charge is 0.237 e. The molecule has 2 atom stereocenters. The van der Waals surface area contributed by atoms with Crippen LogP contribution in [0.2, 0.25) is 0 Å². The van der Waals surface area contributed by atoms with E-state index in [1.807, 2.05) is 19.9 Å². The van der Waals surface area contributed by atoms with Crippen molar-refractivity contribution in [2.75, 3.05) is 38.1 Å². The number of carbonyl (C=O) groups excluding carboxylic acids is 1. The van der Waals surface area contributed by atoms with Gasteiger partial charge in [0.2, 0.25) is 5.91 Å². The molecule has 2 unspecified atom stereocenters. The predicted molar refractivity (Wildman–Crippen MR) is 95.6 cm³/mol. The zero-order valence-electron chi connectivity index (χ0n) is 14.9. The maximum absolute atomic E-state index is 13.8. The molecule has 0 aliphatic carbocycles. The Balaban J connectivity index is 2.15. The van der Waals surface area contributed by atoms with Crippen molar-refractivity contribution in [1.29, 1.82) is 0 Å². The van der Waals surface area contributed by atoms with Crippen molar-refractivity contribution in [2.24, 2.45) is 5.73 Å². The van der Waals surface area contributed by atoms with Gasteiger partial charge in [0.05, 0.1) is 12.1 Å². The summed E-state index contributed by atoms with van der Waals surface area (Å²) in [5.41, 5.74) is 7.67. The lowest BCUT2D eigenvalue weighted by Gasteiger charge is -2.36. The van der Waals surface area contributed by atoms with E-state index in [0.717, 1.165) is 43.9 Å². The number of piperazine rings is 1. The predicted octanol–water partition coefficient (Wildman–Crippen LogP) is 1.88. The molecule has 1 saturated heterocycles. The minimum absolute atomic E-state index is 0.182. The Morgan fingerprint density at radius 3 is 2.62 bits per heavy atom. The van der Waals surface area contributed by atoms with Gasteiger partial charge in [-0.25, -0.2) is 4.39 Å². The number of benzene rings is 1. The average Bonchev–Trinajstić information content (AvgIpc) is 2.56. The molecule has 1 aromatic rings. The van der Waals surface area contributed by atoms with Crippen LogP contribution in [0, 0.1) is 5.82 Å². The second-order valence-corrected chi connectivity index (χ2v) is 6.62. The molecule has 0 aromatic heterocycles. The summed E-state index contributed by atoms with van der Waals surface area (Å²) in [6, 6.07) is 4.01. The number of nitrogens with one attached hydrogen (secondary N) is 1. The first-order chi connectivity index (χ1) is 11.4. The maximum Gasteiger partial charge on any atom is 0.237 e.